The Hall–Kier alpha value is -1.30. The van der Waals surface area contributed by atoms with E-state index >= 15 is 0 Å². The molecule has 0 saturated carbocycles. The first-order valence-corrected chi connectivity index (χ1v) is 5.93. The molecule has 1 saturated heterocycles. The van der Waals surface area contributed by atoms with E-state index in [1.807, 2.05) is 11.8 Å². The van der Waals surface area contributed by atoms with E-state index < -0.39 is 11.7 Å². The largest absolute Gasteiger partial charge is 0.416 e. The number of nitrogens with two attached hydrogens (primary N) is 1. The molecule has 0 aromatic carbocycles. The second-order valence-electron chi connectivity index (χ2n) is 4.73. The molecule has 0 radical (unpaired) electrons. The maximum Gasteiger partial charge on any atom is 0.416 e. The van der Waals surface area contributed by atoms with Crippen LogP contribution in [-0.2, 0) is 6.18 Å². The normalized spacial score (nSPS) is 25.3. The van der Waals surface area contributed by atoms with Crippen LogP contribution in [0.25, 0.3) is 0 Å². The average molecular weight is 259 g/mol. The Kier molecular flexibility index (Phi) is 3.47. The monoisotopic (exact) mass is 259 g/mol. The van der Waals surface area contributed by atoms with Crippen LogP contribution in [0.1, 0.15) is 25.3 Å². The highest BCUT2D eigenvalue weighted by molar-refractivity contribution is 5.43. The van der Waals surface area contributed by atoms with Crippen molar-refractivity contribution in [2.75, 3.05) is 11.4 Å². The zero-order valence-corrected chi connectivity index (χ0v) is 10.1. The van der Waals surface area contributed by atoms with E-state index in [4.69, 9.17) is 5.73 Å². The maximum atomic E-state index is 12.6. The summed E-state index contributed by atoms with van der Waals surface area (Å²) in [5.41, 5.74) is 5.18. The molecule has 1 fully saturated rings. The predicted molar refractivity (Wildman–Crippen MR) is 63.3 cm³/mol. The lowest BCUT2D eigenvalue weighted by Crippen LogP contribution is -2.46. The molecule has 3 nitrogen and oxygen atoms in total. The van der Waals surface area contributed by atoms with Gasteiger partial charge in [0.1, 0.15) is 5.82 Å². The van der Waals surface area contributed by atoms with Crippen molar-refractivity contribution >= 4 is 5.82 Å². The highest BCUT2D eigenvalue weighted by atomic mass is 19.4. The van der Waals surface area contributed by atoms with Gasteiger partial charge in [0, 0.05) is 24.8 Å². The van der Waals surface area contributed by atoms with Crippen LogP contribution >= 0.6 is 0 Å². The second kappa shape index (κ2) is 4.76. The third-order valence-corrected chi connectivity index (χ3v) is 3.28. The number of aromatic nitrogens is 1. The number of piperidine rings is 1. The van der Waals surface area contributed by atoms with E-state index in [0.717, 1.165) is 25.0 Å². The Morgan fingerprint density at radius 2 is 2.17 bits per heavy atom. The molecule has 0 amide bonds. The molecule has 2 N–H and O–H groups in total. The Bertz CT molecular complexity index is 419. The van der Waals surface area contributed by atoms with Crippen molar-refractivity contribution in [1.82, 2.24) is 4.98 Å². The van der Waals surface area contributed by atoms with E-state index in [1.54, 1.807) is 0 Å². The van der Waals surface area contributed by atoms with E-state index in [1.165, 1.54) is 6.20 Å². The van der Waals surface area contributed by atoms with Gasteiger partial charge in [-0.1, -0.05) is 0 Å². The Morgan fingerprint density at radius 1 is 1.44 bits per heavy atom. The summed E-state index contributed by atoms with van der Waals surface area (Å²) in [4.78, 5) is 5.92. The van der Waals surface area contributed by atoms with Gasteiger partial charge in [-0.05, 0) is 31.9 Å². The van der Waals surface area contributed by atoms with Crippen LogP contribution in [0.3, 0.4) is 0 Å². The van der Waals surface area contributed by atoms with Crippen molar-refractivity contribution in [3.05, 3.63) is 23.9 Å². The third-order valence-electron chi connectivity index (χ3n) is 3.28. The van der Waals surface area contributed by atoms with Gasteiger partial charge in [0.2, 0.25) is 0 Å². The Labute approximate surface area is 104 Å². The molecule has 0 bridgehead atoms. The van der Waals surface area contributed by atoms with Crippen LogP contribution in [-0.4, -0.2) is 23.6 Å². The molecule has 2 unspecified atom stereocenters. The number of halogens is 3. The molecule has 1 aromatic heterocycles. The molecule has 18 heavy (non-hydrogen) atoms. The smallest absolute Gasteiger partial charge is 0.354 e. The number of anilines is 1. The van der Waals surface area contributed by atoms with Gasteiger partial charge in [-0.15, -0.1) is 0 Å². The van der Waals surface area contributed by atoms with Gasteiger partial charge < -0.3 is 10.6 Å². The van der Waals surface area contributed by atoms with E-state index in [9.17, 15) is 13.2 Å². The van der Waals surface area contributed by atoms with Crippen LogP contribution < -0.4 is 10.6 Å². The predicted octanol–water partition coefficient (Wildman–Crippen LogP) is 2.42. The topological polar surface area (TPSA) is 42.1 Å². The van der Waals surface area contributed by atoms with Gasteiger partial charge in [-0.3, -0.25) is 0 Å². The molecule has 2 heterocycles. The minimum absolute atomic E-state index is 0.115. The average Bonchev–Trinajstić information content (AvgIpc) is 2.28. The number of rotatable bonds is 1. The molecule has 2 rings (SSSR count). The first-order chi connectivity index (χ1) is 8.38. The Morgan fingerprint density at radius 3 is 2.78 bits per heavy atom. The molecule has 1 aromatic rings. The summed E-state index contributed by atoms with van der Waals surface area (Å²) in [5.74, 6) is 0.379. The summed E-state index contributed by atoms with van der Waals surface area (Å²) in [6.45, 7) is 2.61. The fourth-order valence-corrected chi connectivity index (χ4v) is 2.30. The SMILES string of the molecule is CC1CC(N)CCN1c1cc(C(F)(F)F)ccn1. The van der Waals surface area contributed by atoms with Crippen LogP contribution in [0.5, 0.6) is 0 Å². The van der Waals surface area contributed by atoms with E-state index in [0.29, 0.717) is 12.4 Å². The van der Waals surface area contributed by atoms with Crippen molar-refractivity contribution in [3.8, 4) is 0 Å². The lowest BCUT2D eigenvalue weighted by atomic mass is 9.99. The third kappa shape index (κ3) is 2.75. The van der Waals surface area contributed by atoms with E-state index in [-0.39, 0.29) is 12.1 Å². The molecule has 1 aliphatic rings. The molecule has 2 atom stereocenters. The minimum Gasteiger partial charge on any atom is -0.354 e. The quantitative estimate of drug-likeness (QED) is 0.842. The fourth-order valence-electron chi connectivity index (χ4n) is 2.30. The van der Waals surface area contributed by atoms with Crippen LogP contribution in [0.2, 0.25) is 0 Å². The van der Waals surface area contributed by atoms with Gasteiger partial charge >= 0.3 is 6.18 Å². The maximum absolute atomic E-state index is 12.6. The second-order valence-corrected chi connectivity index (χ2v) is 4.73. The summed E-state index contributed by atoms with van der Waals surface area (Å²) in [6.07, 6.45) is -1.56. The van der Waals surface area contributed by atoms with Gasteiger partial charge in [-0.25, -0.2) is 4.98 Å². The molecule has 1 aliphatic heterocycles. The number of alkyl halides is 3. The summed E-state index contributed by atoms with van der Waals surface area (Å²) >= 11 is 0. The lowest BCUT2D eigenvalue weighted by molar-refractivity contribution is -0.137. The highest BCUT2D eigenvalue weighted by Gasteiger charge is 2.32. The van der Waals surface area contributed by atoms with Gasteiger partial charge in [0.05, 0.1) is 5.56 Å². The first kappa shape index (κ1) is 13.1. The van der Waals surface area contributed by atoms with Crippen molar-refractivity contribution in [1.29, 1.82) is 0 Å². The number of hydrogen-bond donors (Lipinski definition) is 1. The first-order valence-electron chi connectivity index (χ1n) is 5.93. The van der Waals surface area contributed by atoms with Crippen molar-refractivity contribution < 1.29 is 13.2 Å². The Balaban J connectivity index is 2.23. The number of hydrogen-bond acceptors (Lipinski definition) is 3. The summed E-state index contributed by atoms with van der Waals surface area (Å²) in [5, 5.41) is 0. The highest BCUT2D eigenvalue weighted by Crippen LogP contribution is 2.32. The molecular formula is C12H16F3N3. The zero-order chi connectivity index (χ0) is 13.3. The number of nitrogens with zero attached hydrogens (tertiary/aromatic N) is 2. The van der Waals surface area contributed by atoms with Crippen LogP contribution in [0.15, 0.2) is 18.3 Å². The molecule has 0 spiro atoms. The zero-order valence-electron chi connectivity index (χ0n) is 10.1. The standard InChI is InChI=1S/C12H16F3N3/c1-8-6-10(16)3-5-18(8)11-7-9(2-4-17-11)12(13,14)15/h2,4,7-8,10H,3,5-6,16H2,1H3. The van der Waals surface area contributed by atoms with Crippen LogP contribution in [0.4, 0.5) is 19.0 Å². The van der Waals surface area contributed by atoms with Crippen LogP contribution in [0, 0.1) is 0 Å². The van der Waals surface area contributed by atoms with Crippen molar-refractivity contribution in [2.24, 2.45) is 5.73 Å². The van der Waals surface area contributed by atoms with E-state index in [2.05, 4.69) is 4.98 Å². The molecule has 6 heteroatoms. The molecule has 100 valence electrons. The summed E-state index contributed by atoms with van der Waals surface area (Å²) < 4.78 is 37.9. The van der Waals surface area contributed by atoms with Gasteiger partial charge in [-0.2, -0.15) is 13.2 Å². The van der Waals surface area contributed by atoms with Gasteiger partial charge in [0.15, 0.2) is 0 Å². The fraction of sp³-hybridized carbons (Fsp3) is 0.583. The number of pyridine rings is 1. The van der Waals surface area contributed by atoms with Crippen molar-refractivity contribution in [2.45, 2.75) is 38.0 Å². The lowest BCUT2D eigenvalue weighted by Gasteiger charge is -2.37. The summed E-state index contributed by atoms with van der Waals surface area (Å²) in [7, 11) is 0. The van der Waals surface area contributed by atoms with Gasteiger partial charge in [0.25, 0.3) is 0 Å². The summed E-state index contributed by atoms with van der Waals surface area (Å²) in [6, 6.07) is 2.34. The van der Waals surface area contributed by atoms with Crippen molar-refractivity contribution in [3.63, 3.8) is 0 Å². The minimum atomic E-state index is -4.33. The molecule has 0 aliphatic carbocycles. The molecular weight excluding hydrogens is 243 g/mol.